The normalized spacial score (nSPS) is 27.3. The van der Waals surface area contributed by atoms with Crippen LogP contribution >= 0.6 is 0 Å². The second kappa shape index (κ2) is 13.0. The molecular formula is C29H46N2O4. The number of hydrogen-bond acceptors (Lipinski definition) is 6. The number of aliphatic hydroxyl groups excluding tert-OH is 1. The minimum atomic E-state index is -1.18. The molecule has 2 heterocycles. The van der Waals surface area contributed by atoms with Gasteiger partial charge >= 0.3 is 5.97 Å². The Morgan fingerprint density at radius 2 is 1.86 bits per heavy atom. The number of rotatable bonds is 6. The van der Waals surface area contributed by atoms with Gasteiger partial charge in [0.25, 0.3) is 0 Å². The van der Waals surface area contributed by atoms with E-state index in [1.165, 1.54) is 11.1 Å². The van der Waals surface area contributed by atoms with Crippen LogP contribution in [0, 0.1) is 11.3 Å². The summed E-state index contributed by atoms with van der Waals surface area (Å²) < 4.78 is 5.80. The predicted octanol–water partition coefficient (Wildman–Crippen LogP) is 4.22. The van der Waals surface area contributed by atoms with Crippen molar-refractivity contribution in [1.29, 1.82) is 0 Å². The Morgan fingerprint density at radius 3 is 2.60 bits per heavy atom. The molecule has 1 saturated heterocycles. The molecule has 3 atom stereocenters. The van der Waals surface area contributed by atoms with Crippen LogP contribution in [0.4, 0.5) is 0 Å². The fourth-order valence-electron chi connectivity index (χ4n) is 5.51. The highest BCUT2D eigenvalue weighted by molar-refractivity contribution is 6.02. The second-order valence-electron chi connectivity index (χ2n) is 11.3. The zero-order valence-corrected chi connectivity index (χ0v) is 22.3. The Bertz CT molecular complexity index is 840. The molecular weight excluding hydrogens is 440 g/mol. The van der Waals surface area contributed by atoms with Gasteiger partial charge in [0.15, 0.2) is 0 Å². The van der Waals surface area contributed by atoms with Crippen molar-refractivity contribution in [3.63, 3.8) is 0 Å². The molecule has 1 fully saturated rings. The zero-order chi connectivity index (χ0) is 25.4. The molecule has 2 aliphatic heterocycles. The van der Waals surface area contributed by atoms with Gasteiger partial charge in [-0.2, -0.15) is 0 Å². The van der Waals surface area contributed by atoms with E-state index < -0.39 is 17.5 Å². The first-order valence-electron chi connectivity index (χ1n) is 13.6. The highest BCUT2D eigenvalue weighted by Crippen LogP contribution is 2.26. The third-order valence-electron chi connectivity index (χ3n) is 7.79. The van der Waals surface area contributed by atoms with E-state index in [-0.39, 0.29) is 18.2 Å². The summed E-state index contributed by atoms with van der Waals surface area (Å²) in [5.41, 5.74) is 1.72. The SMILES string of the molecule is CCCN1C[C@H](C)C[C@@H](O)CCC(=O)C(C)(C)C(=O)OC[C@H]1CCCN1CCc2ccccc2C1. The molecule has 6 nitrogen and oxygen atoms in total. The van der Waals surface area contributed by atoms with Gasteiger partial charge in [0, 0.05) is 32.1 Å². The number of fused-ring (bicyclic) bond motifs is 1. The molecule has 0 amide bonds. The van der Waals surface area contributed by atoms with Gasteiger partial charge in [-0.05, 0) is 82.5 Å². The van der Waals surface area contributed by atoms with Gasteiger partial charge in [0.2, 0.25) is 0 Å². The van der Waals surface area contributed by atoms with E-state index in [0.717, 1.165) is 58.4 Å². The number of nitrogens with zero attached hydrogens (tertiary/aromatic N) is 2. The van der Waals surface area contributed by atoms with Crippen LogP contribution in [0.2, 0.25) is 0 Å². The van der Waals surface area contributed by atoms with E-state index in [0.29, 0.717) is 25.4 Å². The van der Waals surface area contributed by atoms with Crippen LogP contribution in [0.25, 0.3) is 0 Å². The Hall–Kier alpha value is -1.76. The number of carbonyl (C=O) groups excluding carboxylic acids is 2. The van der Waals surface area contributed by atoms with E-state index in [9.17, 15) is 14.7 Å². The van der Waals surface area contributed by atoms with Gasteiger partial charge < -0.3 is 9.84 Å². The monoisotopic (exact) mass is 486 g/mol. The number of Topliss-reactive ketones (excluding diaryl/α,β-unsaturated/α-hetero) is 1. The number of benzene rings is 1. The second-order valence-corrected chi connectivity index (χ2v) is 11.3. The summed E-state index contributed by atoms with van der Waals surface area (Å²) in [4.78, 5) is 30.6. The first-order chi connectivity index (χ1) is 16.7. The van der Waals surface area contributed by atoms with Gasteiger partial charge in [-0.1, -0.05) is 38.1 Å². The summed E-state index contributed by atoms with van der Waals surface area (Å²) >= 11 is 0. The quantitative estimate of drug-likeness (QED) is 0.480. The van der Waals surface area contributed by atoms with E-state index in [1.807, 2.05) is 0 Å². The molecule has 0 aromatic heterocycles. The van der Waals surface area contributed by atoms with Gasteiger partial charge in [0.1, 0.15) is 17.8 Å². The molecule has 35 heavy (non-hydrogen) atoms. The van der Waals surface area contributed by atoms with E-state index in [1.54, 1.807) is 13.8 Å². The summed E-state index contributed by atoms with van der Waals surface area (Å²) in [6.45, 7) is 12.9. The standard InChI is InChI=1S/C29H46N2O4/c1-5-15-31-19-22(2)18-26(32)12-13-27(33)29(3,4)28(34)35-21-25(31)11-8-16-30-17-14-23-9-6-7-10-24(23)20-30/h6-7,9-10,22,25-26,32H,5,8,11-21H2,1-4H3/t22-,25-,26+/m1/s1. The van der Waals surface area contributed by atoms with Crippen LogP contribution in [0.1, 0.15) is 77.3 Å². The maximum absolute atomic E-state index is 12.9. The molecule has 0 saturated carbocycles. The number of ketones is 1. The lowest BCUT2D eigenvalue weighted by Crippen LogP contribution is -2.44. The van der Waals surface area contributed by atoms with Crippen molar-refractivity contribution in [2.45, 2.75) is 91.3 Å². The van der Waals surface area contributed by atoms with Crippen LogP contribution in [-0.4, -0.2) is 71.6 Å². The average molecular weight is 487 g/mol. The van der Waals surface area contributed by atoms with Gasteiger partial charge in [-0.3, -0.25) is 19.4 Å². The fraction of sp³-hybridized carbons (Fsp3) is 0.724. The predicted molar refractivity (Wildman–Crippen MR) is 139 cm³/mol. The summed E-state index contributed by atoms with van der Waals surface area (Å²) in [7, 11) is 0. The van der Waals surface area contributed by atoms with Crippen LogP contribution in [0.15, 0.2) is 24.3 Å². The lowest BCUT2D eigenvalue weighted by Gasteiger charge is -2.35. The highest BCUT2D eigenvalue weighted by atomic mass is 16.5. The molecule has 3 rings (SSSR count). The zero-order valence-electron chi connectivity index (χ0n) is 22.3. The molecule has 0 spiro atoms. The average Bonchev–Trinajstić information content (AvgIpc) is 2.83. The van der Waals surface area contributed by atoms with E-state index in [4.69, 9.17) is 4.74 Å². The Kier molecular flexibility index (Phi) is 10.3. The minimum Gasteiger partial charge on any atom is -0.463 e. The molecule has 2 aliphatic rings. The number of esters is 1. The van der Waals surface area contributed by atoms with Crippen molar-refractivity contribution >= 4 is 11.8 Å². The van der Waals surface area contributed by atoms with Crippen LogP contribution < -0.4 is 0 Å². The smallest absolute Gasteiger partial charge is 0.319 e. The molecule has 1 N–H and O–H groups in total. The largest absolute Gasteiger partial charge is 0.463 e. The van der Waals surface area contributed by atoms with Crippen molar-refractivity contribution in [2.24, 2.45) is 11.3 Å². The van der Waals surface area contributed by atoms with Crippen molar-refractivity contribution in [2.75, 3.05) is 32.8 Å². The lowest BCUT2D eigenvalue weighted by molar-refractivity contribution is -0.160. The molecule has 0 bridgehead atoms. The third kappa shape index (κ3) is 7.86. The lowest BCUT2D eigenvalue weighted by atomic mass is 9.85. The van der Waals surface area contributed by atoms with Crippen LogP contribution in [0.5, 0.6) is 0 Å². The first-order valence-corrected chi connectivity index (χ1v) is 13.6. The topological polar surface area (TPSA) is 70.1 Å². The number of ether oxygens (including phenoxy) is 1. The van der Waals surface area contributed by atoms with Crippen molar-refractivity contribution in [3.8, 4) is 0 Å². The summed E-state index contributed by atoms with van der Waals surface area (Å²) in [6.07, 6.45) is 4.84. The van der Waals surface area contributed by atoms with E-state index in [2.05, 4.69) is 47.9 Å². The number of cyclic esters (lactones) is 1. The molecule has 1 aromatic carbocycles. The fourth-order valence-corrected chi connectivity index (χ4v) is 5.51. The summed E-state index contributed by atoms with van der Waals surface area (Å²) in [6, 6.07) is 8.83. The molecule has 0 unspecified atom stereocenters. The van der Waals surface area contributed by atoms with E-state index >= 15 is 0 Å². The first kappa shape index (κ1) is 27.8. The summed E-state index contributed by atoms with van der Waals surface area (Å²) in [5, 5.41) is 10.5. The minimum absolute atomic E-state index is 0.113. The molecule has 196 valence electrons. The maximum Gasteiger partial charge on any atom is 0.319 e. The molecule has 0 radical (unpaired) electrons. The highest BCUT2D eigenvalue weighted by Gasteiger charge is 2.38. The summed E-state index contributed by atoms with van der Waals surface area (Å²) in [5.74, 6) is -0.295. The van der Waals surface area contributed by atoms with Crippen LogP contribution in [-0.2, 0) is 27.3 Å². The van der Waals surface area contributed by atoms with Gasteiger partial charge in [0.05, 0.1) is 6.10 Å². The molecule has 0 aliphatic carbocycles. The van der Waals surface area contributed by atoms with Crippen molar-refractivity contribution in [3.05, 3.63) is 35.4 Å². The Labute approximate surface area is 212 Å². The van der Waals surface area contributed by atoms with Crippen molar-refractivity contribution < 1.29 is 19.4 Å². The van der Waals surface area contributed by atoms with Gasteiger partial charge in [-0.15, -0.1) is 0 Å². The molecule has 1 aromatic rings. The number of aliphatic hydroxyl groups is 1. The number of carbonyl (C=O) groups is 2. The molecule has 6 heteroatoms. The van der Waals surface area contributed by atoms with Gasteiger partial charge in [-0.25, -0.2) is 0 Å². The maximum atomic E-state index is 12.9. The van der Waals surface area contributed by atoms with Crippen molar-refractivity contribution in [1.82, 2.24) is 9.80 Å². The third-order valence-corrected chi connectivity index (χ3v) is 7.79. The van der Waals surface area contributed by atoms with Crippen LogP contribution in [0.3, 0.4) is 0 Å². The number of hydrogen-bond donors (Lipinski definition) is 1. The Balaban J connectivity index is 1.67. The Morgan fingerprint density at radius 1 is 1.11 bits per heavy atom.